The standard InChI is InChI=1S/C7H7Cl.C5H14O3Si/c8-6-7-4-2-1-3-5-7;1-5-9(6-2,7-3)8-4/h1-5H,6H2;5H2,1-4H3. The summed E-state index contributed by atoms with van der Waals surface area (Å²) in [7, 11) is 2.65. The van der Waals surface area contributed by atoms with Gasteiger partial charge in [-0.05, 0) is 5.56 Å². The predicted octanol–water partition coefficient (Wildman–Crippen LogP) is 3.31. The van der Waals surface area contributed by atoms with Crippen molar-refractivity contribution in [3.05, 3.63) is 35.9 Å². The van der Waals surface area contributed by atoms with Crippen molar-refractivity contribution >= 4 is 20.4 Å². The lowest BCUT2D eigenvalue weighted by Crippen LogP contribution is -2.41. The Labute approximate surface area is 110 Å². The summed E-state index contributed by atoms with van der Waals surface area (Å²) in [5.41, 5.74) is 1.18. The summed E-state index contributed by atoms with van der Waals surface area (Å²) in [6.45, 7) is 1.99. The molecular formula is C12H21ClO3Si. The first-order valence-corrected chi connectivity index (χ1v) is 7.90. The average molecular weight is 277 g/mol. The van der Waals surface area contributed by atoms with E-state index in [1.54, 1.807) is 21.3 Å². The smallest absolute Gasteiger partial charge is 0.377 e. The minimum atomic E-state index is -2.19. The molecule has 0 unspecified atom stereocenters. The Morgan fingerprint density at radius 2 is 1.47 bits per heavy atom. The molecule has 0 radical (unpaired) electrons. The summed E-state index contributed by atoms with van der Waals surface area (Å²) >= 11 is 5.53. The monoisotopic (exact) mass is 276 g/mol. The number of halogens is 1. The molecule has 1 aromatic rings. The lowest BCUT2D eigenvalue weighted by atomic mass is 10.2. The van der Waals surface area contributed by atoms with Gasteiger partial charge in [-0.3, -0.25) is 0 Å². The van der Waals surface area contributed by atoms with Crippen molar-refractivity contribution in [3.63, 3.8) is 0 Å². The summed E-state index contributed by atoms with van der Waals surface area (Å²) in [4.78, 5) is 0. The lowest BCUT2D eigenvalue weighted by Gasteiger charge is -2.22. The van der Waals surface area contributed by atoms with Gasteiger partial charge in [0.05, 0.1) is 0 Å². The number of benzene rings is 1. The van der Waals surface area contributed by atoms with E-state index in [4.69, 9.17) is 24.9 Å². The molecule has 0 atom stereocenters. The van der Waals surface area contributed by atoms with Gasteiger partial charge in [0.15, 0.2) is 0 Å². The zero-order valence-electron chi connectivity index (χ0n) is 10.9. The summed E-state index contributed by atoms with van der Waals surface area (Å²) in [5.74, 6) is 0.612. The minimum absolute atomic E-state index is 0.612. The molecule has 0 aliphatic heterocycles. The van der Waals surface area contributed by atoms with Crippen LogP contribution < -0.4 is 0 Å². The highest BCUT2D eigenvalue weighted by atomic mass is 35.5. The van der Waals surface area contributed by atoms with E-state index in [-0.39, 0.29) is 0 Å². The fourth-order valence-electron chi connectivity index (χ4n) is 1.25. The number of hydrogen-bond acceptors (Lipinski definition) is 3. The molecule has 0 aromatic heterocycles. The summed E-state index contributed by atoms with van der Waals surface area (Å²) in [6.07, 6.45) is 0. The fourth-order valence-corrected chi connectivity index (χ4v) is 2.79. The Balaban J connectivity index is 0.000000302. The van der Waals surface area contributed by atoms with Crippen molar-refractivity contribution in [2.45, 2.75) is 18.8 Å². The molecule has 0 spiro atoms. The van der Waals surface area contributed by atoms with E-state index in [1.807, 2.05) is 37.3 Å². The topological polar surface area (TPSA) is 27.7 Å². The van der Waals surface area contributed by atoms with E-state index >= 15 is 0 Å². The van der Waals surface area contributed by atoms with Gasteiger partial charge < -0.3 is 13.3 Å². The Bertz CT molecular complexity index is 261. The van der Waals surface area contributed by atoms with Crippen molar-refractivity contribution in [3.8, 4) is 0 Å². The second-order valence-electron chi connectivity index (χ2n) is 3.27. The van der Waals surface area contributed by atoms with Crippen molar-refractivity contribution in [1.29, 1.82) is 0 Å². The Kier molecular flexibility index (Phi) is 9.40. The molecule has 0 heterocycles. The van der Waals surface area contributed by atoms with Gasteiger partial charge in [-0.25, -0.2) is 0 Å². The zero-order chi connectivity index (χ0) is 13.1. The Hall–Kier alpha value is -0.393. The average Bonchev–Trinajstić information content (AvgIpc) is 2.44. The second-order valence-corrected chi connectivity index (χ2v) is 6.83. The highest BCUT2D eigenvalue weighted by Gasteiger charge is 2.34. The van der Waals surface area contributed by atoms with E-state index < -0.39 is 8.80 Å². The molecule has 0 aliphatic rings. The van der Waals surface area contributed by atoms with Crippen LogP contribution in [0.2, 0.25) is 6.04 Å². The van der Waals surface area contributed by atoms with E-state index in [0.717, 1.165) is 6.04 Å². The molecule has 0 N–H and O–H groups in total. The maximum atomic E-state index is 5.53. The van der Waals surface area contributed by atoms with E-state index in [0.29, 0.717) is 5.88 Å². The van der Waals surface area contributed by atoms with Crippen molar-refractivity contribution < 1.29 is 13.3 Å². The third-order valence-electron chi connectivity index (χ3n) is 2.36. The van der Waals surface area contributed by atoms with Crippen LogP contribution in [-0.4, -0.2) is 30.1 Å². The number of alkyl halides is 1. The van der Waals surface area contributed by atoms with Crippen LogP contribution in [0.1, 0.15) is 12.5 Å². The summed E-state index contributed by atoms with van der Waals surface area (Å²) < 4.78 is 15.2. The highest BCUT2D eigenvalue weighted by Crippen LogP contribution is 2.10. The Morgan fingerprint density at radius 3 is 1.65 bits per heavy atom. The summed E-state index contributed by atoms with van der Waals surface area (Å²) in [5, 5.41) is 0. The first kappa shape index (κ1) is 16.6. The first-order valence-electron chi connectivity index (χ1n) is 5.43. The van der Waals surface area contributed by atoms with Gasteiger partial charge in [0, 0.05) is 33.3 Å². The van der Waals surface area contributed by atoms with Crippen LogP contribution in [0.5, 0.6) is 0 Å². The van der Waals surface area contributed by atoms with Gasteiger partial charge in [0.25, 0.3) is 0 Å². The number of hydrogen-bond donors (Lipinski definition) is 0. The SMILES string of the molecule is CC[Si](OC)(OC)OC.ClCc1ccccc1. The summed E-state index contributed by atoms with van der Waals surface area (Å²) in [6, 6.07) is 10.8. The maximum absolute atomic E-state index is 5.53. The normalized spacial score (nSPS) is 10.6. The molecular weight excluding hydrogens is 256 g/mol. The molecule has 0 amide bonds. The van der Waals surface area contributed by atoms with Crippen LogP contribution in [0.25, 0.3) is 0 Å². The maximum Gasteiger partial charge on any atom is 0.499 e. The number of rotatable bonds is 5. The molecule has 5 heteroatoms. The Morgan fingerprint density at radius 1 is 1.00 bits per heavy atom. The van der Waals surface area contributed by atoms with E-state index in [2.05, 4.69) is 0 Å². The van der Waals surface area contributed by atoms with Crippen LogP contribution in [0.15, 0.2) is 30.3 Å². The van der Waals surface area contributed by atoms with Gasteiger partial charge >= 0.3 is 8.80 Å². The van der Waals surface area contributed by atoms with Gasteiger partial charge in [-0.15, -0.1) is 11.6 Å². The van der Waals surface area contributed by atoms with Gasteiger partial charge in [-0.2, -0.15) is 0 Å². The quantitative estimate of drug-likeness (QED) is 0.610. The van der Waals surface area contributed by atoms with Crippen LogP contribution in [0, 0.1) is 0 Å². The first-order chi connectivity index (χ1) is 8.17. The molecule has 98 valence electrons. The van der Waals surface area contributed by atoms with Gasteiger partial charge in [-0.1, -0.05) is 37.3 Å². The molecule has 0 bridgehead atoms. The van der Waals surface area contributed by atoms with E-state index in [9.17, 15) is 0 Å². The molecule has 1 rings (SSSR count). The third-order valence-corrected chi connectivity index (χ3v) is 5.40. The van der Waals surface area contributed by atoms with Crippen LogP contribution in [0.3, 0.4) is 0 Å². The molecule has 0 aliphatic carbocycles. The van der Waals surface area contributed by atoms with Crippen LogP contribution in [0.4, 0.5) is 0 Å². The van der Waals surface area contributed by atoms with Crippen LogP contribution in [-0.2, 0) is 19.2 Å². The van der Waals surface area contributed by atoms with Gasteiger partial charge in [0.1, 0.15) is 0 Å². The van der Waals surface area contributed by atoms with Crippen molar-refractivity contribution in [1.82, 2.24) is 0 Å². The molecule has 17 heavy (non-hydrogen) atoms. The fraction of sp³-hybridized carbons (Fsp3) is 0.500. The second kappa shape index (κ2) is 9.62. The molecule has 3 nitrogen and oxygen atoms in total. The minimum Gasteiger partial charge on any atom is -0.377 e. The molecule has 1 aromatic carbocycles. The molecule has 0 fully saturated rings. The molecule has 0 saturated carbocycles. The zero-order valence-corrected chi connectivity index (χ0v) is 12.7. The largest absolute Gasteiger partial charge is 0.499 e. The van der Waals surface area contributed by atoms with Gasteiger partial charge in [0.2, 0.25) is 0 Å². The van der Waals surface area contributed by atoms with Crippen molar-refractivity contribution in [2.24, 2.45) is 0 Å². The third kappa shape index (κ3) is 6.19. The van der Waals surface area contributed by atoms with E-state index in [1.165, 1.54) is 5.56 Å². The predicted molar refractivity (Wildman–Crippen MR) is 73.3 cm³/mol. The van der Waals surface area contributed by atoms with Crippen LogP contribution >= 0.6 is 11.6 Å². The van der Waals surface area contributed by atoms with Crippen molar-refractivity contribution in [2.75, 3.05) is 21.3 Å². The highest BCUT2D eigenvalue weighted by molar-refractivity contribution is 6.60. The lowest BCUT2D eigenvalue weighted by molar-refractivity contribution is 0.125. The molecule has 0 saturated heterocycles.